The summed E-state index contributed by atoms with van der Waals surface area (Å²) in [7, 11) is 0. The molecule has 0 aromatic rings. The largest absolute Gasteiger partial charge is 0.368 e. The standard InChI is InChI=1S/C36H74O3/c1-33(2)29-25-21-17-13-9-5-7-11-15-19-23-27-31-35(37)39-36(38)32-28-24-20-16-12-8-6-10-14-18-22-26-30-34(3)4/h33-38H,5-32H2,1-4H3. The summed E-state index contributed by atoms with van der Waals surface area (Å²) in [5.41, 5.74) is 0. The lowest BCUT2D eigenvalue weighted by molar-refractivity contribution is -0.212. The molecule has 2 unspecified atom stereocenters. The van der Waals surface area contributed by atoms with Crippen molar-refractivity contribution in [3.8, 4) is 0 Å². The van der Waals surface area contributed by atoms with E-state index in [2.05, 4.69) is 27.7 Å². The fourth-order valence-corrected chi connectivity index (χ4v) is 5.60. The van der Waals surface area contributed by atoms with Crippen molar-refractivity contribution >= 4 is 0 Å². The number of rotatable bonds is 32. The number of ether oxygens (including phenoxy) is 1. The molecule has 2 atom stereocenters. The molecule has 0 heterocycles. The molecule has 0 saturated heterocycles. The molecule has 0 rings (SSSR count). The van der Waals surface area contributed by atoms with Crippen LogP contribution in [0.25, 0.3) is 0 Å². The molecule has 0 aliphatic carbocycles. The monoisotopic (exact) mass is 555 g/mol. The molecule has 0 aromatic carbocycles. The third kappa shape index (κ3) is 34.0. The van der Waals surface area contributed by atoms with Crippen molar-refractivity contribution in [3.63, 3.8) is 0 Å². The highest BCUT2D eigenvalue weighted by atomic mass is 16.7. The number of hydrogen-bond donors (Lipinski definition) is 2. The first-order chi connectivity index (χ1) is 18.9. The molecule has 39 heavy (non-hydrogen) atoms. The zero-order valence-corrected chi connectivity index (χ0v) is 27.4. The van der Waals surface area contributed by atoms with Crippen molar-refractivity contribution in [3.05, 3.63) is 0 Å². The van der Waals surface area contributed by atoms with Crippen molar-refractivity contribution in [1.82, 2.24) is 0 Å². The molecule has 0 aliphatic heterocycles. The minimum atomic E-state index is -0.809. The Labute approximate surface area is 246 Å². The fraction of sp³-hybridized carbons (Fsp3) is 1.00. The molecule has 236 valence electrons. The Hall–Kier alpha value is -0.120. The SMILES string of the molecule is CC(C)CCCCCCCCCCCCCCC(O)OC(O)CCCCCCCCCCCCCCC(C)C. The molecule has 0 fully saturated rings. The average molecular weight is 555 g/mol. The smallest absolute Gasteiger partial charge is 0.157 e. The lowest BCUT2D eigenvalue weighted by atomic mass is 10.0. The number of aliphatic hydroxyl groups is 2. The van der Waals surface area contributed by atoms with Crippen molar-refractivity contribution in [1.29, 1.82) is 0 Å². The molecule has 0 aromatic heterocycles. The quantitative estimate of drug-likeness (QED) is 0.0642. The summed E-state index contributed by atoms with van der Waals surface area (Å²) >= 11 is 0. The van der Waals surface area contributed by atoms with Gasteiger partial charge in [-0.05, 0) is 37.5 Å². The number of hydrogen-bond acceptors (Lipinski definition) is 3. The summed E-state index contributed by atoms with van der Waals surface area (Å²) in [4.78, 5) is 0. The van der Waals surface area contributed by atoms with Gasteiger partial charge in [0.1, 0.15) is 0 Å². The Morgan fingerprint density at radius 3 is 0.692 bits per heavy atom. The van der Waals surface area contributed by atoms with Gasteiger partial charge in [0.15, 0.2) is 12.6 Å². The van der Waals surface area contributed by atoms with Gasteiger partial charge in [-0.25, -0.2) is 0 Å². The zero-order chi connectivity index (χ0) is 28.8. The van der Waals surface area contributed by atoms with Crippen molar-refractivity contribution in [2.75, 3.05) is 0 Å². The van der Waals surface area contributed by atoms with E-state index in [4.69, 9.17) is 4.74 Å². The first-order valence-electron chi connectivity index (χ1n) is 17.9. The van der Waals surface area contributed by atoms with Crippen LogP contribution in [0.3, 0.4) is 0 Å². The predicted molar refractivity (Wildman–Crippen MR) is 172 cm³/mol. The van der Waals surface area contributed by atoms with Crippen LogP contribution in [-0.4, -0.2) is 22.8 Å². The summed E-state index contributed by atoms with van der Waals surface area (Å²) in [6, 6.07) is 0. The van der Waals surface area contributed by atoms with Gasteiger partial charge in [0.25, 0.3) is 0 Å². The Morgan fingerprint density at radius 1 is 0.308 bits per heavy atom. The van der Waals surface area contributed by atoms with Crippen LogP contribution in [0.1, 0.15) is 207 Å². The summed E-state index contributed by atoms with van der Waals surface area (Å²) < 4.78 is 5.40. The van der Waals surface area contributed by atoms with Crippen LogP contribution in [-0.2, 0) is 4.74 Å². The van der Waals surface area contributed by atoms with Gasteiger partial charge in [0.2, 0.25) is 0 Å². The van der Waals surface area contributed by atoms with E-state index in [1.54, 1.807) is 0 Å². The van der Waals surface area contributed by atoms with Gasteiger partial charge < -0.3 is 14.9 Å². The first kappa shape index (κ1) is 38.9. The maximum atomic E-state index is 10.1. The third-order valence-electron chi connectivity index (χ3n) is 8.28. The van der Waals surface area contributed by atoms with Crippen LogP contribution in [0.15, 0.2) is 0 Å². The van der Waals surface area contributed by atoms with E-state index in [0.717, 1.165) is 37.5 Å². The van der Waals surface area contributed by atoms with Crippen LogP contribution >= 0.6 is 0 Å². The molecule has 0 aliphatic rings. The van der Waals surface area contributed by atoms with E-state index in [1.165, 1.54) is 141 Å². The van der Waals surface area contributed by atoms with Gasteiger partial charge in [-0.1, -0.05) is 182 Å². The van der Waals surface area contributed by atoms with Gasteiger partial charge in [-0.3, -0.25) is 0 Å². The van der Waals surface area contributed by atoms with Crippen molar-refractivity contribution in [2.24, 2.45) is 11.8 Å². The summed E-state index contributed by atoms with van der Waals surface area (Å²) in [5, 5.41) is 20.1. The normalized spacial score (nSPS) is 13.5. The average Bonchev–Trinajstić information content (AvgIpc) is 2.88. The van der Waals surface area contributed by atoms with E-state index in [9.17, 15) is 10.2 Å². The molecule has 0 bridgehead atoms. The van der Waals surface area contributed by atoms with Crippen molar-refractivity contribution in [2.45, 2.75) is 220 Å². The molecule has 3 heteroatoms. The van der Waals surface area contributed by atoms with E-state index in [-0.39, 0.29) is 0 Å². The Balaban J connectivity index is 3.28. The highest BCUT2D eigenvalue weighted by molar-refractivity contribution is 4.54. The fourth-order valence-electron chi connectivity index (χ4n) is 5.60. The molecule has 0 amide bonds. The third-order valence-corrected chi connectivity index (χ3v) is 8.28. The predicted octanol–water partition coefficient (Wildman–Crippen LogP) is 11.9. The van der Waals surface area contributed by atoms with Gasteiger partial charge in [0, 0.05) is 0 Å². The van der Waals surface area contributed by atoms with Gasteiger partial charge >= 0.3 is 0 Å². The van der Waals surface area contributed by atoms with Crippen LogP contribution in [0.5, 0.6) is 0 Å². The molecular weight excluding hydrogens is 480 g/mol. The van der Waals surface area contributed by atoms with E-state index in [1.807, 2.05) is 0 Å². The van der Waals surface area contributed by atoms with Gasteiger partial charge in [-0.15, -0.1) is 0 Å². The Morgan fingerprint density at radius 2 is 0.487 bits per heavy atom. The molecular formula is C36H74O3. The molecule has 2 N–H and O–H groups in total. The summed E-state index contributed by atoms with van der Waals surface area (Å²) in [5.74, 6) is 1.72. The van der Waals surface area contributed by atoms with E-state index < -0.39 is 12.6 Å². The number of aliphatic hydroxyl groups excluding tert-OH is 2. The van der Waals surface area contributed by atoms with Crippen molar-refractivity contribution < 1.29 is 14.9 Å². The molecule has 0 radical (unpaired) electrons. The maximum Gasteiger partial charge on any atom is 0.157 e. The lowest BCUT2D eigenvalue weighted by Gasteiger charge is -2.17. The zero-order valence-electron chi connectivity index (χ0n) is 27.4. The summed E-state index contributed by atoms with van der Waals surface area (Å²) in [6.45, 7) is 9.29. The molecule has 0 spiro atoms. The van der Waals surface area contributed by atoms with E-state index >= 15 is 0 Å². The second-order valence-electron chi connectivity index (χ2n) is 13.5. The first-order valence-corrected chi connectivity index (χ1v) is 17.9. The summed E-state index contributed by atoms with van der Waals surface area (Å²) in [6.07, 6.45) is 34.3. The minimum absolute atomic E-state index is 0.645. The topological polar surface area (TPSA) is 49.7 Å². The van der Waals surface area contributed by atoms with Crippen LogP contribution < -0.4 is 0 Å². The molecule has 0 saturated carbocycles. The minimum Gasteiger partial charge on any atom is -0.368 e. The van der Waals surface area contributed by atoms with E-state index in [0.29, 0.717) is 12.8 Å². The van der Waals surface area contributed by atoms with Crippen LogP contribution in [0.4, 0.5) is 0 Å². The van der Waals surface area contributed by atoms with Gasteiger partial charge in [-0.2, -0.15) is 0 Å². The second kappa shape index (κ2) is 30.8. The van der Waals surface area contributed by atoms with Crippen LogP contribution in [0, 0.1) is 11.8 Å². The van der Waals surface area contributed by atoms with Gasteiger partial charge in [0.05, 0.1) is 0 Å². The Kier molecular flexibility index (Phi) is 30.7. The highest BCUT2D eigenvalue weighted by Gasteiger charge is 2.11. The highest BCUT2D eigenvalue weighted by Crippen LogP contribution is 2.17. The Bertz CT molecular complexity index is 411. The lowest BCUT2D eigenvalue weighted by Crippen LogP contribution is -2.21. The maximum absolute atomic E-state index is 10.1. The number of unbranched alkanes of at least 4 members (excludes halogenated alkanes) is 22. The molecule has 3 nitrogen and oxygen atoms in total. The van der Waals surface area contributed by atoms with Crippen LogP contribution in [0.2, 0.25) is 0 Å². The second-order valence-corrected chi connectivity index (χ2v) is 13.5.